The molecular weight excluding hydrogens is 394 g/mol. The quantitative estimate of drug-likeness (QED) is 0.432. The lowest BCUT2D eigenvalue weighted by molar-refractivity contribution is -0.153. The second kappa shape index (κ2) is 9.75. The van der Waals surface area contributed by atoms with E-state index in [2.05, 4.69) is 0 Å². The second-order valence-corrected chi connectivity index (χ2v) is 7.06. The van der Waals surface area contributed by atoms with Crippen LogP contribution in [0.15, 0.2) is 66.9 Å². The summed E-state index contributed by atoms with van der Waals surface area (Å²) in [5, 5.41) is 4.72. The van der Waals surface area contributed by atoms with Crippen molar-refractivity contribution in [2.75, 3.05) is 21.2 Å². The first-order valence-corrected chi connectivity index (χ1v) is 9.79. The Labute approximate surface area is 181 Å². The fourth-order valence-corrected chi connectivity index (χ4v) is 3.06. The van der Waals surface area contributed by atoms with Crippen LogP contribution in [0.3, 0.4) is 0 Å². The van der Waals surface area contributed by atoms with Gasteiger partial charge in [-0.2, -0.15) is 5.10 Å². The van der Waals surface area contributed by atoms with Gasteiger partial charge >= 0.3 is 5.97 Å². The van der Waals surface area contributed by atoms with E-state index in [1.165, 1.54) is 11.0 Å². The molecule has 0 saturated carbocycles. The number of ether oxygens (including phenoxy) is 2. The van der Waals surface area contributed by atoms with Crippen molar-refractivity contribution in [1.82, 2.24) is 14.7 Å². The van der Waals surface area contributed by atoms with Crippen LogP contribution in [-0.4, -0.2) is 53.9 Å². The number of benzene rings is 2. The van der Waals surface area contributed by atoms with Crippen molar-refractivity contribution in [3.05, 3.63) is 72.4 Å². The number of nitrogens with zero attached hydrogens (tertiary/aromatic N) is 3. The van der Waals surface area contributed by atoms with Gasteiger partial charge in [-0.25, -0.2) is 9.48 Å². The molecule has 3 rings (SSSR count). The largest absolute Gasteiger partial charge is 0.496 e. The Bertz CT molecular complexity index is 1090. The Morgan fingerprint density at radius 3 is 2.42 bits per heavy atom. The SMILES string of the molecule is COc1ccccc1-c1nn(-c2ccccc2)cc1/C=C/C(=O)O[C@H](C)C(=O)N(C)C. The first-order chi connectivity index (χ1) is 14.9. The molecule has 7 nitrogen and oxygen atoms in total. The summed E-state index contributed by atoms with van der Waals surface area (Å²) in [6.45, 7) is 1.54. The third-order valence-electron chi connectivity index (χ3n) is 4.61. The van der Waals surface area contributed by atoms with Crippen LogP contribution in [0.25, 0.3) is 23.0 Å². The summed E-state index contributed by atoms with van der Waals surface area (Å²) in [6.07, 6.45) is 3.89. The van der Waals surface area contributed by atoms with Gasteiger partial charge in [0.05, 0.1) is 12.8 Å². The maximum Gasteiger partial charge on any atom is 0.331 e. The number of aromatic nitrogens is 2. The van der Waals surface area contributed by atoms with E-state index in [1.807, 2.05) is 60.8 Å². The number of carbonyl (C=O) groups is 2. The van der Waals surface area contributed by atoms with Gasteiger partial charge in [-0.15, -0.1) is 0 Å². The Morgan fingerprint density at radius 1 is 1.06 bits per heavy atom. The summed E-state index contributed by atoms with van der Waals surface area (Å²) in [7, 11) is 4.82. The van der Waals surface area contributed by atoms with Gasteiger partial charge in [-0.05, 0) is 37.3 Å². The van der Waals surface area contributed by atoms with Gasteiger partial charge in [-0.1, -0.05) is 30.3 Å². The Hall–Kier alpha value is -3.87. The topological polar surface area (TPSA) is 73.7 Å². The highest BCUT2D eigenvalue weighted by atomic mass is 16.5. The number of hydrogen-bond donors (Lipinski definition) is 0. The van der Waals surface area contributed by atoms with Gasteiger partial charge in [0, 0.05) is 37.5 Å². The highest BCUT2D eigenvalue weighted by molar-refractivity contribution is 5.91. The van der Waals surface area contributed by atoms with Crippen molar-refractivity contribution in [3.8, 4) is 22.7 Å². The zero-order chi connectivity index (χ0) is 22.4. The fourth-order valence-electron chi connectivity index (χ4n) is 3.06. The fraction of sp³-hybridized carbons (Fsp3) is 0.208. The van der Waals surface area contributed by atoms with E-state index in [9.17, 15) is 9.59 Å². The molecule has 1 aromatic heterocycles. The van der Waals surface area contributed by atoms with Crippen molar-refractivity contribution >= 4 is 18.0 Å². The maximum atomic E-state index is 12.3. The van der Waals surface area contributed by atoms with Gasteiger partial charge in [-0.3, -0.25) is 4.79 Å². The van der Waals surface area contributed by atoms with E-state index < -0.39 is 12.1 Å². The van der Waals surface area contributed by atoms with Crippen LogP contribution in [0.1, 0.15) is 12.5 Å². The molecule has 1 heterocycles. The third kappa shape index (κ3) is 5.19. The molecule has 0 radical (unpaired) electrons. The molecule has 1 atom stereocenters. The molecule has 2 aromatic carbocycles. The molecule has 0 aliphatic carbocycles. The first-order valence-electron chi connectivity index (χ1n) is 9.79. The molecule has 0 spiro atoms. The Balaban J connectivity index is 1.95. The molecule has 7 heteroatoms. The zero-order valence-electron chi connectivity index (χ0n) is 18.0. The van der Waals surface area contributed by atoms with Crippen molar-refractivity contribution in [2.24, 2.45) is 0 Å². The number of amides is 1. The van der Waals surface area contributed by atoms with Gasteiger partial charge in [0.25, 0.3) is 5.91 Å². The number of methoxy groups -OCH3 is 1. The number of likely N-dealkylation sites (N-methyl/N-ethyl adjacent to an activating group) is 1. The number of carbonyl (C=O) groups excluding carboxylic acids is 2. The summed E-state index contributed by atoms with van der Waals surface area (Å²) in [6, 6.07) is 17.2. The van der Waals surface area contributed by atoms with Crippen LogP contribution in [0, 0.1) is 0 Å². The predicted molar refractivity (Wildman–Crippen MR) is 119 cm³/mol. The highest BCUT2D eigenvalue weighted by Crippen LogP contribution is 2.32. The van der Waals surface area contributed by atoms with E-state index in [4.69, 9.17) is 14.6 Å². The molecule has 0 fully saturated rings. The van der Waals surface area contributed by atoms with Gasteiger partial charge in [0.15, 0.2) is 6.10 Å². The van der Waals surface area contributed by atoms with Gasteiger partial charge in [0.1, 0.15) is 11.4 Å². The van der Waals surface area contributed by atoms with Crippen LogP contribution >= 0.6 is 0 Å². The van der Waals surface area contributed by atoms with Crippen LogP contribution in [0.4, 0.5) is 0 Å². The summed E-state index contributed by atoms with van der Waals surface area (Å²) in [4.78, 5) is 25.6. The van der Waals surface area contributed by atoms with Crippen LogP contribution in [0.5, 0.6) is 5.75 Å². The van der Waals surface area contributed by atoms with Crippen LogP contribution in [-0.2, 0) is 14.3 Å². The van der Waals surface area contributed by atoms with Crippen molar-refractivity contribution in [1.29, 1.82) is 0 Å². The third-order valence-corrected chi connectivity index (χ3v) is 4.61. The molecular formula is C24H25N3O4. The van der Waals surface area contributed by atoms with Gasteiger partial charge in [0.2, 0.25) is 0 Å². The average Bonchev–Trinajstić information content (AvgIpc) is 3.21. The number of esters is 1. The minimum Gasteiger partial charge on any atom is -0.496 e. The molecule has 0 aliphatic rings. The molecule has 0 saturated heterocycles. The minimum atomic E-state index is -0.868. The summed E-state index contributed by atoms with van der Waals surface area (Å²) in [5.41, 5.74) is 3.04. The minimum absolute atomic E-state index is 0.284. The maximum absolute atomic E-state index is 12.3. The van der Waals surface area contributed by atoms with Crippen LogP contribution < -0.4 is 4.74 Å². The molecule has 0 bridgehead atoms. The van der Waals surface area contributed by atoms with E-state index in [-0.39, 0.29) is 5.91 Å². The Kier molecular flexibility index (Phi) is 6.87. The molecule has 0 aliphatic heterocycles. The normalized spacial score (nSPS) is 11.9. The number of para-hydroxylation sites is 2. The Morgan fingerprint density at radius 2 is 1.74 bits per heavy atom. The number of rotatable bonds is 7. The summed E-state index contributed by atoms with van der Waals surface area (Å²) < 4.78 is 12.4. The smallest absolute Gasteiger partial charge is 0.331 e. The molecule has 1 amide bonds. The van der Waals surface area contributed by atoms with E-state index in [0.29, 0.717) is 17.0 Å². The predicted octanol–water partition coefficient (Wildman–Crippen LogP) is 3.58. The summed E-state index contributed by atoms with van der Waals surface area (Å²) in [5.74, 6) is -0.224. The van der Waals surface area contributed by atoms with Crippen LogP contribution in [0.2, 0.25) is 0 Å². The molecule has 160 valence electrons. The van der Waals surface area contributed by atoms with Crippen molar-refractivity contribution < 1.29 is 19.1 Å². The lowest BCUT2D eigenvalue weighted by Gasteiger charge is -2.16. The number of hydrogen-bond acceptors (Lipinski definition) is 5. The standard InChI is InChI=1S/C24H25N3O4/c1-17(24(29)26(2)3)31-22(28)15-14-18-16-27(19-10-6-5-7-11-19)25-23(18)20-12-8-9-13-21(20)30-4/h5-17H,1-4H3/b15-14+/t17-/m1/s1. The monoisotopic (exact) mass is 419 g/mol. The molecule has 3 aromatic rings. The van der Waals surface area contributed by atoms with Gasteiger partial charge < -0.3 is 14.4 Å². The lowest BCUT2D eigenvalue weighted by Crippen LogP contribution is -2.34. The highest BCUT2D eigenvalue weighted by Gasteiger charge is 2.19. The van der Waals surface area contributed by atoms with Crippen molar-refractivity contribution in [2.45, 2.75) is 13.0 Å². The van der Waals surface area contributed by atoms with E-state index >= 15 is 0 Å². The van der Waals surface area contributed by atoms with Crippen molar-refractivity contribution in [3.63, 3.8) is 0 Å². The van der Waals surface area contributed by atoms with E-state index in [0.717, 1.165) is 11.3 Å². The van der Waals surface area contributed by atoms with E-state index in [1.54, 1.807) is 38.9 Å². The lowest BCUT2D eigenvalue weighted by atomic mass is 10.1. The molecule has 31 heavy (non-hydrogen) atoms. The molecule has 0 unspecified atom stereocenters. The summed E-state index contributed by atoms with van der Waals surface area (Å²) >= 11 is 0. The zero-order valence-corrected chi connectivity index (χ0v) is 18.0. The first kappa shape index (κ1) is 21.8. The molecule has 0 N–H and O–H groups in total. The average molecular weight is 419 g/mol. The second-order valence-electron chi connectivity index (χ2n) is 7.06.